The molecule has 0 spiro atoms. The number of amides is 2. The highest BCUT2D eigenvalue weighted by Gasteiger charge is 2.40. The molecule has 50 heavy (non-hydrogen) atoms. The standard InChI is InChI=1S/C45H27N3O2/c46-28-29-12-9-17-33(26-29)35-19-10-20-37-36-18-7-8-22-39(36)47(43(35)37)40-23-11-21-38-42(40)45(50)48(44(38)49)41-27-32(30-13-3-1-4-14-30)24-25-34(41)31-15-5-2-6-16-31/h1-27H. The van der Waals surface area contributed by atoms with E-state index >= 15 is 0 Å². The summed E-state index contributed by atoms with van der Waals surface area (Å²) < 4.78 is 2.10. The second-order valence-corrected chi connectivity index (χ2v) is 12.4. The molecule has 0 bridgehead atoms. The molecule has 2 heterocycles. The first-order valence-corrected chi connectivity index (χ1v) is 16.4. The third kappa shape index (κ3) is 4.47. The Bertz CT molecular complexity index is 2700. The Morgan fingerprint density at radius 2 is 1.12 bits per heavy atom. The Labute approximate surface area is 288 Å². The van der Waals surface area contributed by atoms with Crippen molar-refractivity contribution in [3.05, 3.63) is 180 Å². The quantitative estimate of drug-likeness (QED) is 0.176. The number of fused-ring (bicyclic) bond motifs is 4. The molecule has 5 heteroatoms. The lowest BCUT2D eigenvalue weighted by atomic mass is 9.97. The zero-order valence-corrected chi connectivity index (χ0v) is 26.7. The molecular formula is C45H27N3O2. The second kappa shape index (κ2) is 11.6. The van der Waals surface area contributed by atoms with Crippen LogP contribution in [0.4, 0.5) is 5.69 Å². The lowest BCUT2D eigenvalue weighted by Crippen LogP contribution is -2.30. The maximum absolute atomic E-state index is 14.9. The Hall–Kier alpha value is -7.03. The maximum Gasteiger partial charge on any atom is 0.268 e. The van der Waals surface area contributed by atoms with Crippen molar-refractivity contribution < 1.29 is 9.59 Å². The molecule has 0 radical (unpaired) electrons. The van der Waals surface area contributed by atoms with Crippen LogP contribution in [0.25, 0.3) is 60.9 Å². The molecule has 2 amide bonds. The zero-order valence-electron chi connectivity index (χ0n) is 26.7. The molecule has 5 nitrogen and oxygen atoms in total. The average molecular weight is 642 g/mol. The monoisotopic (exact) mass is 641 g/mol. The number of nitrogens with zero attached hydrogens (tertiary/aromatic N) is 3. The first-order valence-electron chi connectivity index (χ1n) is 16.4. The number of rotatable bonds is 5. The Kier molecular flexibility index (Phi) is 6.75. The van der Waals surface area contributed by atoms with Gasteiger partial charge >= 0.3 is 0 Å². The van der Waals surface area contributed by atoms with E-state index in [-0.39, 0.29) is 11.8 Å². The molecule has 0 unspecified atom stereocenters. The van der Waals surface area contributed by atoms with Gasteiger partial charge in [-0.05, 0) is 58.7 Å². The first kappa shape index (κ1) is 29.1. The molecule has 9 rings (SSSR count). The minimum Gasteiger partial charge on any atom is -0.308 e. The van der Waals surface area contributed by atoms with Crippen LogP contribution in [-0.2, 0) is 0 Å². The molecule has 1 aliphatic rings. The first-order chi connectivity index (χ1) is 24.6. The molecule has 0 fully saturated rings. The second-order valence-electron chi connectivity index (χ2n) is 12.4. The fourth-order valence-electron chi connectivity index (χ4n) is 7.32. The summed E-state index contributed by atoms with van der Waals surface area (Å²) in [7, 11) is 0. The van der Waals surface area contributed by atoms with Crippen LogP contribution < -0.4 is 4.90 Å². The van der Waals surface area contributed by atoms with Gasteiger partial charge in [0.05, 0.1) is 45.2 Å². The van der Waals surface area contributed by atoms with E-state index in [1.807, 2.05) is 140 Å². The summed E-state index contributed by atoms with van der Waals surface area (Å²) in [6, 6.07) is 55.3. The van der Waals surface area contributed by atoms with Gasteiger partial charge in [0, 0.05) is 21.9 Å². The lowest BCUT2D eigenvalue weighted by Gasteiger charge is -2.20. The summed E-state index contributed by atoms with van der Waals surface area (Å²) in [5, 5.41) is 11.7. The minimum absolute atomic E-state index is 0.352. The Morgan fingerprint density at radius 1 is 0.460 bits per heavy atom. The predicted octanol–water partition coefficient (Wildman–Crippen LogP) is 10.5. The van der Waals surface area contributed by atoms with Gasteiger partial charge in [0.25, 0.3) is 11.8 Å². The van der Waals surface area contributed by atoms with Crippen molar-refractivity contribution in [1.29, 1.82) is 5.26 Å². The molecule has 0 saturated heterocycles. The average Bonchev–Trinajstić information content (AvgIpc) is 3.66. The number of nitriles is 1. The van der Waals surface area contributed by atoms with Crippen molar-refractivity contribution in [2.24, 2.45) is 0 Å². The number of hydrogen-bond donors (Lipinski definition) is 0. The zero-order chi connectivity index (χ0) is 33.8. The van der Waals surface area contributed by atoms with Crippen LogP contribution in [0.1, 0.15) is 26.3 Å². The van der Waals surface area contributed by atoms with Crippen molar-refractivity contribution in [1.82, 2.24) is 4.57 Å². The number of imide groups is 1. The van der Waals surface area contributed by atoms with Crippen LogP contribution in [0.2, 0.25) is 0 Å². The summed E-state index contributed by atoms with van der Waals surface area (Å²) in [6.07, 6.45) is 0. The van der Waals surface area contributed by atoms with Gasteiger partial charge in [-0.25, -0.2) is 4.90 Å². The van der Waals surface area contributed by atoms with Gasteiger partial charge < -0.3 is 4.57 Å². The number of carbonyl (C=O) groups excluding carboxylic acids is 2. The van der Waals surface area contributed by atoms with Gasteiger partial charge in [0.2, 0.25) is 0 Å². The molecule has 7 aromatic carbocycles. The number of anilines is 1. The molecule has 0 atom stereocenters. The van der Waals surface area contributed by atoms with Crippen LogP contribution in [0.5, 0.6) is 0 Å². The third-order valence-corrected chi connectivity index (χ3v) is 9.56. The van der Waals surface area contributed by atoms with Gasteiger partial charge in [0.15, 0.2) is 0 Å². The van der Waals surface area contributed by atoms with Crippen LogP contribution in [0.15, 0.2) is 164 Å². The van der Waals surface area contributed by atoms with Crippen LogP contribution in [-0.4, -0.2) is 16.4 Å². The van der Waals surface area contributed by atoms with Crippen molar-refractivity contribution in [3.63, 3.8) is 0 Å². The van der Waals surface area contributed by atoms with E-state index in [0.29, 0.717) is 28.1 Å². The molecule has 1 aliphatic heterocycles. The lowest BCUT2D eigenvalue weighted by molar-refractivity contribution is 0.0926. The summed E-state index contributed by atoms with van der Waals surface area (Å²) in [6.45, 7) is 0. The van der Waals surface area contributed by atoms with E-state index in [1.54, 1.807) is 12.1 Å². The molecule has 1 aromatic heterocycles. The Balaban J connectivity index is 1.29. The van der Waals surface area contributed by atoms with E-state index in [0.717, 1.165) is 55.2 Å². The highest BCUT2D eigenvalue weighted by Crippen LogP contribution is 2.43. The number of benzene rings is 7. The molecule has 8 aromatic rings. The van der Waals surface area contributed by atoms with Crippen molar-refractivity contribution in [2.45, 2.75) is 0 Å². The molecule has 0 N–H and O–H groups in total. The van der Waals surface area contributed by atoms with E-state index in [1.165, 1.54) is 4.90 Å². The number of para-hydroxylation sites is 2. The predicted molar refractivity (Wildman–Crippen MR) is 199 cm³/mol. The normalized spacial score (nSPS) is 12.4. The van der Waals surface area contributed by atoms with Gasteiger partial charge in [-0.1, -0.05) is 127 Å². The fraction of sp³-hybridized carbons (Fsp3) is 0. The Morgan fingerprint density at radius 3 is 1.92 bits per heavy atom. The van der Waals surface area contributed by atoms with Gasteiger partial charge in [-0.2, -0.15) is 5.26 Å². The highest BCUT2D eigenvalue weighted by atomic mass is 16.2. The van der Waals surface area contributed by atoms with Gasteiger partial charge in [-0.3, -0.25) is 9.59 Å². The van der Waals surface area contributed by atoms with E-state index < -0.39 is 0 Å². The number of carbonyl (C=O) groups is 2. The van der Waals surface area contributed by atoms with E-state index in [9.17, 15) is 14.9 Å². The SMILES string of the molecule is N#Cc1cccc(-c2cccc3c4ccccc4n(-c4cccc5c4C(=O)N(c4cc(-c6ccccc6)ccc4-c4ccccc4)C5=O)c23)c1. The molecule has 0 saturated carbocycles. The molecular weight excluding hydrogens is 615 g/mol. The maximum atomic E-state index is 14.9. The summed E-state index contributed by atoms with van der Waals surface area (Å²) in [5.41, 5.74) is 9.63. The largest absolute Gasteiger partial charge is 0.308 e. The minimum atomic E-state index is -0.377. The summed E-state index contributed by atoms with van der Waals surface area (Å²) in [4.78, 5) is 30.8. The summed E-state index contributed by atoms with van der Waals surface area (Å²) in [5.74, 6) is -0.741. The van der Waals surface area contributed by atoms with Crippen LogP contribution >= 0.6 is 0 Å². The third-order valence-electron chi connectivity index (χ3n) is 9.56. The smallest absolute Gasteiger partial charge is 0.268 e. The van der Waals surface area contributed by atoms with E-state index in [2.05, 4.69) is 22.8 Å². The summed E-state index contributed by atoms with van der Waals surface area (Å²) >= 11 is 0. The van der Waals surface area contributed by atoms with E-state index in [4.69, 9.17) is 0 Å². The fourth-order valence-corrected chi connectivity index (χ4v) is 7.32. The van der Waals surface area contributed by atoms with Crippen LogP contribution in [0.3, 0.4) is 0 Å². The van der Waals surface area contributed by atoms with Gasteiger partial charge in [0.1, 0.15) is 0 Å². The van der Waals surface area contributed by atoms with Crippen LogP contribution in [0, 0.1) is 11.3 Å². The van der Waals surface area contributed by atoms with Crippen molar-refractivity contribution >= 4 is 39.3 Å². The molecule has 0 aliphatic carbocycles. The highest BCUT2D eigenvalue weighted by molar-refractivity contribution is 6.36. The van der Waals surface area contributed by atoms with Crippen molar-refractivity contribution in [3.8, 4) is 45.1 Å². The van der Waals surface area contributed by atoms with Gasteiger partial charge in [-0.15, -0.1) is 0 Å². The number of aromatic nitrogens is 1. The molecule has 234 valence electrons. The number of hydrogen-bond acceptors (Lipinski definition) is 3. The van der Waals surface area contributed by atoms with Crippen molar-refractivity contribution in [2.75, 3.05) is 4.90 Å². The topological polar surface area (TPSA) is 66.1 Å².